The van der Waals surface area contributed by atoms with Gasteiger partial charge in [0.15, 0.2) is 5.79 Å². The highest BCUT2D eigenvalue weighted by molar-refractivity contribution is 7.89. The Morgan fingerprint density at radius 2 is 1.69 bits per heavy atom. The molecule has 0 N–H and O–H groups in total. The van der Waals surface area contributed by atoms with Gasteiger partial charge in [-0.05, 0) is 43.9 Å². The van der Waals surface area contributed by atoms with Crippen LogP contribution in [-0.4, -0.2) is 57.8 Å². The smallest absolute Gasteiger partial charge is 0.258 e. The maximum absolute atomic E-state index is 13.3. The van der Waals surface area contributed by atoms with Crippen LogP contribution in [-0.2, 0) is 24.3 Å². The maximum atomic E-state index is 13.3. The lowest BCUT2D eigenvalue weighted by Crippen LogP contribution is -2.47. The van der Waals surface area contributed by atoms with E-state index in [1.165, 1.54) is 4.31 Å². The van der Waals surface area contributed by atoms with Crippen molar-refractivity contribution in [3.05, 3.63) is 29.3 Å². The van der Waals surface area contributed by atoms with Gasteiger partial charge in [0.05, 0.1) is 23.8 Å². The van der Waals surface area contributed by atoms with E-state index in [0.717, 1.165) is 42.5 Å². The second-order valence-corrected chi connectivity index (χ2v) is 10.2. The summed E-state index contributed by atoms with van der Waals surface area (Å²) in [5, 5.41) is 0. The van der Waals surface area contributed by atoms with E-state index in [2.05, 4.69) is 0 Å². The standard InChI is InChI=1S/C21H26N2O5S/c1-22-18-7-6-16(14-17(18)19(20(22)24)15-4-2-3-5-15)29(25,26)23-10-8-21(9-11-23)27-12-13-28-21/h6-7,14H,2-5,8-13H2,1H3. The molecule has 1 aromatic rings. The fraction of sp³-hybridized carbons (Fsp3) is 0.571. The summed E-state index contributed by atoms with van der Waals surface area (Å²) in [5.41, 5.74) is 3.41. The summed E-state index contributed by atoms with van der Waals surface area (Å²) in [7, 11) is -1.89. The second-order valence-electron chi connectivity index (χ2n) is 8.24. The predicted octanol–water partition coefficient (Wildman–Crippen LogP) is 2.52. The molecular formula is C21H26N2O5S. The van der Waals surface area contributed by atoms with Crippen LogP contribution in [0.2, 0.25) is 0 Å². The van der Waals surface area contributed by atoms with Crippen molar-refractivity contribution in [2.24, 2.45) is 0 Å². The van der Waals surface area contributed by atoms with E-state index < -0.39 is 15.8 Å². The summed E-state index contributed by atoms with van der Waals surface area (Å²) in [6, 6.07) is 5.07. The summed E-state index contributed by atoms with van der Waals surface area (Å²) in [6.45, 7) is 1.87. The van der Waals surface area contributed by atoms with Crippen LogP contribution in [0.3, 0.4) is 0 Å². The van der Waals surface area contributed by atoms with Gasteiger partial charge < -0.3 is 14.4 Å². The van der Waals surface area contributed by atoms with Crippen molar-refractivity contribution in [3.63, 3.8) is 0 Å². The molecule has 1 amide bonds. The number of rotatable bonds is 2. The van der Waals surface area contributed by atoms with E-state index in [-0.39, 0.29) is 10.8 Å². The van der Waals surface area contributed by atoms with Gasteiger partial charge in [0.25, 0.3) is 5.91 Å². The highest BCUT2D eigenvalue weighted by atomic mass is 32.2. The Kier molecular flexibility index (Phi) is 4.58. The second kappa shape index (κ2) is 6.91. The number of ether oxygens (including phenoxy) is 2. The van der Waals surface area contributed by atoms with Crippen LogP contribution in [0.1, 0.15) is 44.1 Å². The van der Waals surface area contributed by atoms with Crippen LogP contribution in [0.5, 0.6) is 0 Å². The van der Waals surface area contributed by atoms with Crippen molar-refractivity contribution in [1.29, 1.82) is 0 Å². The number of amides is 1. The van der Waals surface area contributed by atoms with Crippen molar-refractivity contribution >= 4 is 27.2 Å². The Hall–Kier alpha value is -1.74. The molecule has 3 fully saturated rings. The molecule has 7 nitrogen and oxygen atoms in total. The molecule has 156 valence electrons. The number of benzene rings is 1. The third-order valence-electron chi connectivity index (χ3n) is 6.61. The lowest BCUT2D eigenvalue weighted by atomic mass is 10.00. The number of fused-ring (bicyclic) bond motifs is 1. The van der Waals surface area contributed by atoms with Crippen molar-refractivity contribution < 1.29 is 22.7 Å². The molecule has 4 aliphatic rings. The lowest BCUT2D eigenvalue weighted by Gasteiger charge is -2.36. The molecule has 0 unspecified atom stereocenters. The van der Waals surface area contributed by atoms with E-state index in [1.807, 2.05) is 0 Å². The highest BCUT2D eigenvalue weighted by Gasteiger charge is 2.43. The minimum absolute atomic E-state index is 0.0260. The predicted molar refractivity (Wildman–Crippen MR) is 108 cm³/mol. The van der Waals surface area contributed by atoms with E-state index in [9.17, 15) is 13.2 Å². The summed E-state index contributed by atoms with van der Waals surface area (Å²) in [4.78, 5) is 14.7. The minimum atomic E-state index is -3.64. The molecule has 0 atom stereocenters. The SMILES string of the molecule is CN1C(=O)C(=C2CCCC2)c2cc(S(=O)(=O)N3CCC4(CC3)OCCO4)ccc21. The van der Waals surface area contributed by atoms with Crippen molar-refractivity contribution in [2.45, 2.75) is 49.2 Å². The quantitative estimate of drug-likeness (QED) is 0.690. The van der Waals surface area contributed by atoms with Crippen molar-refractivity contribution in [3.8, 4) is 0 Å². The van der Waals surface area contributed by atoms with Crippen molar-refractivity contribution in [2.75, 3.05) is 38.3 Å². The highest BCUT2D eigenvalue weighted by Crippen LogP contribution is 2.43. The van der Waals surface area contributed by atoms with Gasteiger partial charge in [0.2, 0.25) is 10.0 Å². The molecule has 5 rings (SSSR count). The molecule has 0 bridgehead atoms. The Labute approximate surface area is 171 Å². The van der Waals surface area contributed by atoms with Crippen LogP contribution < -0.4 is 4.90 Å². The molecule has 0 radical (unpaired) electrons. The fourth-order valence-electron chi connectivity index (χ4n) is 4.96. The molecule has 3 heterocycles. The fourth-order valence-corrected chi connectivity index (χ4v) is 6.42. The Morgan fingerprint density at radius 1 is 1.03 bits per heavy atom. The van der Waals surface area contributed by atoms with Gasteiger partial charge in [-0.25, -0.2) is 8.42 Å². The zero-order valence-corrected chi connectivity index (χ0v) is 17.5. The Balaban J connectivity index is 1.47. The number of piperidine rings is 1. The number of carbonyl (C=O) groups excluding carboxylic acids is 1. The third kappa shape index (κ3) is 3.04. The number of likely N-dealkylation sites (N-methyl/N-ethyl adjacent to an activating group) is 1. The van der Waals surface area contributed by atoms with Gasteiger partial charge in [-0.2, -0.15) is 4.31 Å². The molecule has 3 aliphatic heterocycles. The van der Waals surface area contributed by atoms with Gasteiger partial charge in [0.1, 0.15) is 0 Å². The average molecular weight is 419 g/mol. The minimum Gasteiger partial charge on any atom is -0.347 e. The van der Waals surface area contributed by atoms with Gasteiger partial charge in [-0.3, -0.25) is 4.79 Å². The maximum Gasteiger partial charge on any atom is 0.258 e. The monoisotopic (exact) mass is 418 g/mol. The van der Waals surface area contributed by atoms with Gasteiger partial charge in [-0.1, -0.05) is 5.57 Å². The van der Waals surface area contributed by atoms with Crippen molar-refractivity contribution in [1.82, 2.24) is 4.31 Å². The van der Waals surface area contributed by atoms with E-state index in [1.54, 1.807) is 30.1 Å². The van der Waals surface area contributed by atoms with E-state index >= 15 is 0 Å². The number of carbonyl (C=O) groups is 1. The number of hydrogen-bond acceptors (Lipinski definition) is 5. The molecule has 1 aromatic carbocycles. The first-order chi connectivity index (χ1) is 13.9. The topological polar surface area (TPSA) is 76.2 Å². The first kappa shape index (κ1) is 19.2. The number of hydrogen-bond donors (Lipinski definition) is 0. The molecule has 1 saturated carbocycles. The van der Waals surface area contributed by atoms with Gasteiger partial charge >= 0.3 is 0 Å². The molecule has 0 aromatic heterocycles. The summed E-state index contributed by atoms with van der Waals surface area (Å²) in [5.74, 6) is -0.638. The van der Waals surface area contributed by atoms with E-state index in [0.29, 0.717) is 44.7 Å². The Bertz CT molecular complexity index is 976. The summed E-state index contributed by atoms with van der Waals surface area (Å²) < 4.78 is 39.6. The van der Waals surface area contributed by atoms with Gasteiger partial charge in [-0.15, -0.1) is 0 Å². The number of anilines is 1. The zero-order valence-electron chi connectivity index (χ0n) is 16.6. The third-order valence-corrected chi connectivity index (χ3v) is 8.51. The van der Waals surface area contributed by atoms with Crippen LogP contribution >= 0.6 is 0 Å². The zero-order chi connectivity index (χ0) is 20.2. The lowest BCUT2D eigenvalue weighted by molar-refractivity contribution is -0.179. The van der Waals surface area contributed by atoms with E-state index in [4.69, 9.17) is 9.47 Å². The van der Waals surface area contributed by atoms with Crippen LogP contribution in [0.25, 0.3) is 5.57 Å². The largest absolute Gasteiger partial charge is 0.347 e. The average Bonchev–Trinajstić information content (AvgIpc) is 3.45. The van der Waals surface area contributed by atoms with Crippen LogP contribution in [0.4, 0.5) is 5.69 Å². The summed E-state index contributed by atoms with van der Waals surface area (Å²) >= 11 is 0. The number of nitrogens with zero attached hydrogens (tertiary/aromatic N) is 2. The molecule has 29 heavy (non-hydrogen) atoms. The van der Waals surface area contributed by atoms with Crippen LogP contribution in [0.15, 0.2) is 28.7 Å². The summed E-state index contributed by atoms with van der Waals surface area (Å²) in [6.07, 6.45) is 5.08. The molecule has 1 aliphatic carbocycles. The normalized spacial score (nSPS) is 24.7. The first-order valence-electron chi connectivity index (χ1n) is 10.3. The van der Waals surface area contributed by atoms with Gasteiger partial charge in [0, 0.05) is 44.1 Å². The molecule has 8 heteroatoms. The Morgan fingerprint density at radius 3 is 2.34 bits per heavy atom. The first-order valence-corrected chi connectivity index (χ1v) is 11.8. The number of allylic oxidation sites excluding steroid dienone is 1. The van der Waals surface area contributed by atoms with Crippen LogP contribution in [0, 0.1) is 0 Å². The number of sulfonamides is 1. The molecule has 1 spiro atoms. The molecular weight excluding hydrogens is 392 g/mol. The molecule has 2 saturated heterocycles.